The average Bonchev–Trinajstić information content (AvgIpc) is 2.81. The van der Waals surface area contributed by atoms with Crippen molar-refractivity contribution in [1.29, 1.82) is 0 Å². The van der Waals surface area contributed by atoms with E-state index < -0.39 is 59.2 Å². The van der Waals surface area contributed by atoms with Crippen LogP contribution in [0.3, 0.4) is 0 Å². The number of hydrogen-bond donors (Lipinski definition) is 3. The molecule has 0 radical (unpaired) electrons. The molecule has 202 valence electrons. The second kappa shape index (κ2) is 10.7. The van der Waals surface area contributed by atoms with Crippen molar-refractivity contribution in [2.24, 2.45) is 0 Å². The second-order valence-corrected chi connectivity index (χ2v) is 7.64. The van der Waals surface area contributed by atoms with Crippen molar-refractivity contribution in [2.45, 2.75) is 37.3 Å². The number of halogens is 6. The predicted octanol–water partition coefficient (Wildman–Crippen LogP) is 4.06. The monoisotopic (exact) mass is 536 g/mol. The van der Waals surface area contributed by atoms with Crippen LogP contribution in [0, 0.1) is 6.92 Å². The molecule has 3 N–H and O–H groups in total. The van der Waals surface area contributed by atoms with Crippen molar-refractivity contribution in [3.8, 4) is 0 Å². The maximum absolute atomic E-state index is 14.3. The Morgan fingerprint density at radius 3 is 1.95 bits per heavy atom. The lowest BCUT2D eigenvalue weighted by Gasteiger charge is -2.34. The van der Waals surface area contributed by atoms with E-state index in [9.17, 15) is 45.8 Å². The van der Waals surface area contributed by atoms with E-state index in [1.807, 2.05) is 5.32 Å². The van der Waals surface area contributed by atoms with Gasteiger partial charge in [0.05, 0.1) is 13.7 Å². The summed E-state index contributed by atoms with van der Waals surface area (Å²) >= 11 is 0. The van der Waals surface area contributed by atoms with Crippen molar-refractivity contribution in [1.82, 2.24) is 5.32 Å². The number of carbonyl (C=O) groups is 3. The lowest BCUT2D eigenvalue weighted by molar-refractivity contribution is -0.266. The van der Waals surface area contributed by atoms with Crippen molar-refractivity contribution in [3.05, 3.63) is 65.2 Å². The van der Waals surface area contributed by atoms with Gasteiger partial charge in [0.1, 0.15) is 0 Å². The maximum Gasteiger partial charge on any atom is 0.432 e. The maximum atomic E-state index is 14.3. The highest BCUT2D eigenvalue weighted by Crippen LogP contribution is 2.42. The van der Waals surface area contributed by atoms with E-state index in [2.05, 4.69) is 9.47 Å². The van der Waals surface area contributed by atoms with Gasteiger partial charge in [0, 0.05) is 11.3 Å². The normalized spacial score (nSPS) is 15.1. The molecule has 0 fully saturated rings. The zero-order chi connectivity index (χ0) is 28.2. The molecule has 14 heteroatoms. The Balaban J connectivity index is 2.48. The predicted molar refractivity (Wildman–Crippen MR) is 116 cm³/mol. The molecule has 0 aliphatic rings. The lowest BCUT2D eigenvalue weighted by Crippen LogP contribution is -2.62. The number of rotatable bonds is 7. The second-order valence-electron chi connectivity index (χ2n) is 7.64. The molecule has 0 aliphatic heterocycles. The number of anilines is 1. The molecule has 0 saturated heterocycles. The summed E-state index contributed by atoms with van der Waals surface area (Å²) in [5.41, 5.74) is -9.75. The van der Waals surface area contributed by atoms with Crippen LogP contribution in [0.2, 0.25) is 0 Å². The first kappa shape index (κ1) is 29.4. The first-order chi connectivity index (χ1) is 17.1. The van der Waals surface area contributed by atoms with E-state index >= 15 is 0 Å². The molecule has 2 aromatic rings. The topological polar surface area (TPSA) is 114 Å². The van der Waals surface area contributed by atoms with Crippen LogP contribution in [0.1, 0.15) is 23.6 Å². The Labute approximate surface area is 206 Å². The van der Waals surface area contributed by atoms with Gasteiger partial charge in [-0.15, -0.1) is 0 Å². The minimum absolute atomic E-state index is 0.173. The van der Waals surface area contributed by atoms with E-state index in [0.29, 0.717) is 19.2 Å². The summed E-state index contributed by atoms with van der Waals surface area (Å²) in [6, 6.07) is 6.31. The highest BCUT2D eigenvalue weighted by Gasteiger charge is 2.64. The molecule has 37 heavy (non-hydrogen) atoms. The Hall–Kier alpha value is -3.81. The molecule has 0 unspecified atom stereocenters. The molecule has 0 spiro atoms. The van der Waals surface area contributed by atoms with Crippen LogP contribution in [0.4, 0.5) is 36.8 Å². The minimum atomic E-state index is -5.49. The number of aliphatic hydroxyl groups is 1. The number of benzene rings is 2. The molecule has 2 aromatic carbocycles. The van der Waals surface area contributed by atoms with Crippen LogP contribution in [-0.4, -0.2) is 49.1 Å². The summed E-state index contributed by atoms with van der Waals surface area (Å²) in [4.78, 5) is 37.0. The van der Waals surface area contributed by atoms with E-state index in [-0.39, 0.29) is 11.3 Å². The van der Waals surface area contributed by atoms with Crippen molar-refractivity contribution in [3.63, 3.8) is 0 Å². The number of methoxy groups -OCH3 is 1. The third-order valence-electron chi connectivity index (χ3n) is 5.30. The van der Waals surface area contributed by atoms with Gasteiger partial charge in [-0.05, 0) is 31.0 Å². The average molecular weight is 536 g/mol. The standard InChI is InChI=1S/C23H22F6N2O6/c1-4-37-17(32)20(22(24,25)26,14-8-6-5-7-9-14)31-19(34)30-16-11-10-15(12-13(16)2)21(35,18(33)36-3)23(27,28)29/h5-12,35H,4H2,1-3H3,(H2,30,31,34)/t20-,21-/m1/s1. The zero-order valence-electron chi connectivity index (χ0n) is 19.6. The van der Waals surface area contributed by atoms with Gasteiger partial charge in [0.2, 0.25) is 0 Å². The molecule has 0 aromatic heterocycles. The fraction of sp³-hybridized carbons (Fsp3) is 0.348. The summed E-state index contributed by atoms with van der Waals surface area (Å²) < 4.78 is 92.0. The van der Waals surface area contributed by atoms with Gasteiger partial charge in [-0.25, -0.2) is 14.4 Å². The van der Waals surface area contributed by atoms with E-state index in [1.165, 1.54) is 25.1 Å². The molecule has 0 saturated carbocycles. The number of aryl methyl sites for hydroxylation is 1. The smallest absolute Gasteiger partial charge is 0.432 e. The van der Waals surface area contributed by atoms with E-state index in [1.54, 1.807) is 5.32 Å². The Morgan fingerprint density at radius 2 is 1.49 bits per heavy atom. The van der Waals surface area contributed by atoms with Crippen molar-refractivity contribution in [2.75, 3.05) is 19.0 Å². The number of ether oxygens (including phenoxy) is 2. The van der Waals surface area contributed by atoms with Gasteiger partial charge < -0.3 is 25.2 Å². The van der Waals surface area contributed by atoms with E-state index in [0.717, 1.165) is 25.1 Å². The van der Waals surface area contributed by atoms with Gasteiger partial charge in [-0.2, -0.15) is 26.3 Å². The number of alkyl halides is 6. The highest BCUT2D eigenvalue weighted by atomic mass is 19.4. The molecule has 0 heterocycles. The quantitative estimate of drug-likeness (QED) is 0.364. The summed E-state index contributed by atoms with van der Waals surface area (Å²) in [6.07, 6.45) is -10.9. The fourth-order valence-electron chi connectivity index (χ4n) is 3.42. The zero-order valence-corrected chi connectivity index (χ0v) is 19.6. The minimum Gasteiger partial charge on any atom is -0.466 e. The molecule has 0 bridgehead atoms. The summed E-state index contributed by atoms with van der Waals surface area (Å²) in [5, 5.41) is 13.7. The van der Waals surface area contributed by atoms with Gasteiger partial charge >= 0.3 is 30.3 Å². The van der Waals surface area contributed by atoms with Crippen LogP contribution in [0.15, 0.2) is 48.5 Å². The third-order valence-corrected chi connectivity index (χ3v) is 5.30. The number of carbonyl (C=O) groups excluding carboxylic acids is 3. The van der Waals surface area contributed by atoms with Gasteiger partial charge in [0.15, 0.2) is 0 Å². The molecule has 2 rings (SSSR count). The first-order valence-corrected chi connectivity index (χ1v) is 10.4. The third kappa shape index (κ3) is 5.48. The summed E-state index contributed by atoms with van der Waals surface area (Å²) in [7, 11) is 0.634. The molecular formula is C23H22F6N2O6. The molecular weight excluding hydrogens is 514 g/mol. The van der Waals surface area contributed by atoms with Crippen LogP contribution >= 0.6 is 0 Å². The SMILES string of the molecule is CCOC(=O)[C@](NC(=O)Nc1ccc([C@@](O)(C(=O)OC)C(F)(F)F)cc1C)(c1ccccc1)C(F)(F)F. The van der Waals surface area contributed by atoms with Crippen LogP contribution < -0.4 is 10.6 Å². The Bertz CT molecular complexity index is 1150. The lowest BCUT2D eigenvalue weighted by atomic mass is 9.89. The Morgan fingerprint density at radius 1 is 0.892 bits per heavy atom. The molecule has 0 aliphatic carbocycles. The van der Waals surface area contributed by atoms with E-state index in [4.69, 9.17) is 0 Å². The molecule has 8 nitrogen and oxygen atoms in total. The number of urea groups is 1. The Kier molecular flexibility index (Phi) is 8.48. The highest BCUT2D eigenvalue weighted by molar-refractivity contribution is 5.96. The number of esters is 2. The number of hydrogen-bond acceptors (Lipinski definition) is 6. The van der Waals surface area contributed by atoms with Crippen LogP contribution in [0.25, 0.3) is 0 Å². The largest absolute Gasteiger partial charge is 0.466 e. The van der Waals surface area contributed by atoms with Crippen molar-refractivity contribution >= 4 is 23.7 Å². The summed E-state index contributed by atoms with van der Waals surface area (Å²) in [6.45, 7) is 1.99. The van der Waals surface area contributed by atoms with Gasteiger partial charge in [-0.1, -0.05) is 42.5 Å². The van der Waals surface area contributed by atoms with Gasteiger partial charge in [0.25, 0.3) is 11.1 Å². The number of nitrogens with one attached hydrogen (secondary N) is 2. The first-order valence-electron chi connectivity index (χ1n) is 10.4. The molecule has 2 amide bonds. The van der Waals surface area contributed by atoms with Crippen molar-refractivity contribution < 1.29 is 55.3 Å². The fourth-order valence-corrected chi connectivity index (χ4v) is 3.42. The number of amides is 2. The van der Waals surface area contributed by atoms with Crippen LogP contribution in [0.5, 0.6) is 0 Å². The van der Waals surface area contributed by atoms with Gasteiger partial charge in [-0.3, -0.25) is 0 Å². The molecule has 2 atom stereocenters. The summed E-state index contributed by atoms with van der Waals surface area (Å²) in [5.74, 6) is -3.84. The van der Waals surface area contributed by atoms with Crippen LogP contribution in [-0.2, 0) is 30.2 Å².